The zero-order valence-corrected chi connectivity index (χ0v) is 14.2. The third kappa shape index (κ3) is 3.81. The Morgan fingerprint density at radius 2 is 1.91 bits per heavy atom. The van der Waals surface area contributed by atoms with Gasteiger partial charge in [-0.25, -0.2) is 0 Å². The molecule has 0 unspecified atom stereocenters. The van der Waals surface area contributed by atoms with E-state index >= 15 is 0 Å². The summed E-state index contributed by atoms with van der Waals surface area (Å²) >= 11 is 0. The van der Waals surface area contributed by atoms with E-state index in [0.29, 0.717) is 18.1 Å². The lowest BCUT2D eigenvalue weighted by atomic mass is 10.0. The highest BCUT2D eigenvalue weighted by Crippen LogP contribution is 2.24. The standard InChI is InChI=1S/C17H31N3O2/c1-14-11-18(12-16-5-3-4-10-22-16)13-17(14)20-8-6-19(7-9-20)15(2)21/h14,16-17H,3-13H2,1-2H3/t14-,16+,17-/m1/s1. The molecule has 3 aliphatic rings. The summed E-state index contributed by atoms with van der Waals surface area (Å²) in [5.74, 6) is 0.933. The maximum absolute atomic E-state index is 11.4. The van der Waals surface area contributed by atoms with Crippen LogP contribution in [0.5, 0.6) is 0 Å². The fraction of sp³-hybridized carbons (Fsp3) is 0.941. The molecule has 3 atom stereocenters. The van der Waals surface area contributed by atoms with Crippen LogP contribution in [0.25, 0.3) is 0 Å². The minimum Gasteiger partial charge on any atom is -0.377 e. The first-order chi connectivity index (χ1) is 10.6. The highest BCUT2D eigenvalue weighted by atomic mass is 16.5. The van der Waals surface area contributed by atoms with Gasteiger partial charge in [0.2, 0.25) is 5.91 Å². The Balaban J connectivity index is 1.47. The number of ether oxygens (including phenoxy) is 1. The quantitative estimate of drug-likeness (QED) is 0.780. The molecule has 3 fully saturated rings. The van der Waals surface area contributed by atoms with Gasteiger partial charge in [0, 0.05) is 65.4 Å². The molecule has 0 aromatic carbocycles. The first-order valence-electron chi connectivity index (χ1n) is 8.97. The van der Waals surface area contributed by atoms with Crippen LogP contribution >= 0.6 is 0 Å². The van der Waals surface area contributed by atoms with Crippen molar-refractivity contribution in [2.45, 2.75) is 45.3 Å². The summed E-state index contributed by atoms with van der Waals surface area (Å²) in [5, 5.41) is 0. The second kappa shape index (κ2) is 7.28. The van der Waals surface area contributed by atoms with Crippen molar-refractivity contribution in [3.05, 3.63) is 0 Å². The topological polar surface area (TPSA) is 36.0 Å². The van der Waals surface area contributed by atoms with Crippen molar-refractivity contribution in [1.82, 2.24) is 14.7 Å². The maximum Gasteiger partial charge on any atom is 0.219 e. The molecule has 5 nitrogen and oxygen atoms in total. The summed E-state index contributed by atoms with van der Waals surface area (Å²) in [6, 6.07) is 0.651. The van der Waals surface area contributed by atoms with Gasteiger partial charge in [-0.05, 0) is 25.2 Å². The molecule has 0 aromatic heterocycles. The van der Waals surface area contributed by atoms with Gasteiger partial charge in [-0.2, -0.15) is 0 Å². The molecule has 0 saturated carbocycles. The van der Waals surface area contributed by atoms with Crippen LogP contribution in [0.15, 0.2) is 0 Å². The number of amides is 1. The van der Waals surface area contributed by atoms with Crippen LogP contribution < -0.4 is 0 Å². The van der Waals surface area contributed by atoms with Crippen molar-refractivity contribution in [2.75, 3.05) is 52.4 Å². The Labute approximate surface area is 134 Å². The summed E-state index contributed by atoms with van der Waals surface area (Å²) in [5.41, 5.74) is 0. The van der Waals surface area contributed by atoms with E-state index in [0.717, 1.165) is 39.3 Å². The van der Waals surface area contributed by atoms with Crippen LogP contribution in [0.2, 0.25) is 0 Å². The van der Waals surface area contributed by atoms with Gasteiger partial charge in [-0.15, -0.1) is 0 Å². The first kappa shape index (κ1) is 16.2. The lowest BCUT2D eigenvalue weighted by molar-refractivity contribution is -0.130. The van der Waals surface area contributed by atoms with Gasteiger partial charge in [0.15, 0.2) is 0 Å². The minimum atomic E-state index is 0.218. The summed E-state index contributed by atoms with van der Waals surface area (Å²) in [6.45, 7) is 12.3. The molecule has 3 saturated heterocycles. The van der Waals surface area contributed by atoms with Crippen molar-refractivity contribution in [2.24, 2.45) is 5.92 Å². The molecule has 126 valence electrons. The van der Waals surface area contributed by atoms with Crippen molar-refractivity contribution < 1.29 is 9.53 Å². The molecule has 0 N–H and O–H groups in total. The van der Waals surface area contributed by atoms with Crippen molar-refractivity contribution in [3.63, 3.8) is 0 Å². The number of nitrogens with zero attached hydrogens (tertiary/aromatic N) is 3. The van der Waals surface area contributed by atoms with Crippen LogP contribution in [0.3, 0.4) is 0 Å². The number of likely N-dealkylation sites (tertiary alicyclic amines) is 1. The van der Waals surface area contributed by atoms with Gasteiger partial charge in [0.05, 0.1) is 6.10 Å². The van der Waals surface area contributed by atoms with Crippen LogP contribution in [0.4, 0.5) is 0 Å². The van der Waals surface area contributed by atoms with Crippen molar-refractivity contribution in [1.29, 1.82) is 0 Å². The molecule has 22 heavy (non-hydrogen) atoms. The largest absolute Gasteiger partial charge is 0.377 e. The van der Waals surface area contributed by atoms with Gasteiger partial charge in [-0.3, -0.25) is 14.6 Å². The average molecular weight is 309 g/mol. The molecule has 5 heteroatoms. The van der Waals surface area contributed by atoms with Gasteiger partial charge in [0.25, 0.3) is 0 Å². The van der Waals surface area contributed by atoms with Crippen LogP contribution in [-0.2, 0) is 9.53 Å². The summed E-state index contributed by atoms with van der Waals surface area (Å²) in [7, 11) is 0. The Bertz CT molecular complexity index is 376. The zero-order valence-electron chi connectivity index (χ0n) is 14.2. The zero-order chi connectivity index (χ0) is 15.5. The van der Waals surface area contributed by atoms with E-state index in [4.69, 9.17) is 4.74 Å². The number of hydrogen-bond acceptors (Lipinski definition) is 4. The number of rotatable bonds is 3. The molecule has 0 radical (unpaired) electrons. The van der Waals surface area contributed by atoms with Gasteiger partial charge in [0.1, 0.15) is 0 Å². The third-order valence-electron chi connectivity index (χ3n) is 5.61. The normalized spacial score (nSPS) is 35.0. The highest BCUT2D eigenvalue weighted by Gasteiger charge is 2.36. The van der Waals surface area contributed by atoms with Gasteiger partial charge in [-0.1, -0.05) is 6.92 Å². The summed E-state index contributed by atoms with van der Waals surface area (Å²) in [4.78, 5) is 18.6. The highest BCUT2D eigenvalue weighted by molar-refractivity contribution is 5.73. The lowest BCUT2D eigenvalue weighted by Gasteiger charge is -2.39. The van der Waals surface area contributed by atoms with Crippen molar-refractivity contribution >= 4 is 5.91 Å². The molecule has 0 aliphatic carbocycles. The third-order valence-corrected chi connectivity index (χ3v) is 5.61. The van der Waals surface area contributed by atoms with Crippen molar-refractivity contribution in [3.8, 4) is 0 Å². The monoisotopic (exact) mass is 309 g/mol. The predicted octanol–water partition coefficient (Wildman–Crippen LogP) is 1.04. The number of piperazine rings is 1. The second-order valence-electron chi connectivity index (χ2n) is 7.29. The molecule has 0 spiro atoms. The predicted molar refractivity (Wildman–Crippen MR) is 86.8 cm³/mol. The lowest BCUT2D eigenvalue weighted by Crippen LogP contribution is -2.53. The fourth-order valence-corrected chi connectivity index (χ4v) is 4.28. The van der Waals surface area contributed by atoms with E-state index in [1.165, 1.54) is 32.4 Å². The van der Waals surface area contributed by atoms with E-state index < -0.39 is 0 Å². The fourth-order valence-electron chi connectivity index (χ4n) is 4.28. The molecule has 0 aromatic rings. The van der Waals surface area contributed by atoms with E-state index in [2.05, 4.69) is 16.7 Å². The molecule has 3 aliphatic heterocycles. The Morgan fingerprint density at radius 3 is 2.55 bits per heavy atom. The van der Waals surface area contributed by atoms with E-state index in [1.807, 2.05) is 4.90 Å². The second-order valence-corrected chi connectivity index (χ2v) is 7.29. The summed E-state index contributed by atoms with van der Waals surface area (Å²) in [6.07, 6.45) is 4.24. The Kier molecular flexibility index (Phi) is 5.37. The molecular formula is C17H31N3O2. The SMILES string of the molecule is CC(=O)N1CCN([C@@H]2CN(C[C@@H]3CCCCO3)C[C@H]2C)CC1. The van der Waals surface area contributed by atoms with E-state index in [-0.39, 0.29) is 5.91 Å². The van der Waals surface area contributed by atoms with Gasteiger partial charge >= 0.3 is 0 Å². The van der Waals surface area contributed by atoms with E-state index in [1.54, 1.807) is 6.92 Å². The molecular weight excluding hydrogens is 278 g/mol. The molecule has 0 bridgehead atoms. The maximum atomic E-state index is 11.4. The van der Waals surface area contributed by atoms with E-state index in [9.17, 15) is 4.79 Å². The number of hydrogen-bond donors (Lipinski definition) is 0. The smallest absolute Gasteiger partial charge is 0.219 e. The molecule has 1 amide bonds. The van der Waals surface area contributed by atoms with Gasteiger partial charge < -0.3 is 9.64 Å². The number of carbonyl (C=O) groups is 1. The minimum absolute atomic E-state index is 0.218. The Hall–Kier alpha value is -0.650. The van der Waals surface area contributed by atoms with Crippen LogP contribution in [-0.4, -0.2) is 85.2 Å². The van der Waals surface area contributed by atoms with Crippen LogP contribution in [0.1, 0.15) is 33.1 Å². The first-order valence-corrected chi connectivity index (χ1v) is 8.97. The molecule has 3 heterocycles. The Morgan fingerprint density at radius 1 is 1.14 bits per heavy atom. The number of carbonyl (C=O) groups excluding carboxylic acids is 1. The molecule has 3 rings (SSSR count). The average Bonchev–Trinajstić information content (AvgIpc) is 2.89. The van der Waals surface area contributed by atoms with Crippen LogP contribution in [0, 0.1) is 5.92 Å². The summed E-state index contributed by atoms with van der Waals surface area (Å²) < 4.78 is 5.90.